The normalized spacial score (nSPS) is 19.4. The molecular formula is C11H10N2O2S. The molecule has 0 unspecified atom stereocenters. The van der Waals surface area contributed by atoms with Crippen LogP contribution < -0.4 is 0 Å². The summed E-state index contributed by atoms with van der Waals surface area (Å²) in [5.74, 6) is 0. The van der Waals surface area contributed by atoms with Gasteiger partial charge in [-0.3, -0.25) is 4.79 Å². The molecule has 0 aromatic carbocycles. The summed E-state index contributed by atoms with van der Waals surface area (Å²) in [6.45, 7) is 1.18. The highest BCUT2D eigenvalue weighted by Crippen LogP contribution is 2.28. The van der Waals surface area contributed by atoms with Crippen LogP contribution in [0.4, 0.5) is 0 Å². The lowest BCUT2D eigenvalue weighted by atomic mass is 10.1. The van der Waals surface area contributed by atoms with E-state index in [0.717, 1.165) is 18.5 Å². The molecule has 1 aliphatic rings. The molecule has 0 N–H and O–H groups in total. The topological polar surface area (TPSA) is 44.1 Å². The van der Waals surface area contributed by atoms with E-state index in [2.05, 4.69) is 16.4 Å². The lowest BCUT2D eigenvalue weighted by molar-refractivity contribution is 0.00300. The van der Waals surface area contributed by atoms with Gasteiger partial charge in [0.1, 0.15) is 11.8 Å². The molecule has 2 aromatic rings. The molecule has 3 heterocycles. The predicted octanol–water partition coefficient (Wildman–Crippen LogP) is 2.03. The van der Waals surface area contributed by atoms with E-state index in [9.17, 15) is 4.79 Å². The van der Waals surface area contributed by atoms with Crippen molar-refractivity contribution in [1.82, 2.24) is 9.55 Å². The van der Waals surface area contributed by atoms with Gasteiger partial charge in [-0.2, -0.15) is 11.3 Å². The minimum Gasteiger partial charge on any atom is -0.365 e. The number of hydrogen-bond acceptors (Lipinski definition) is 4. The lowest BCUT2D eigenvalue weighted by Crippen LogP contribution is -2.20. The molecule has 0 radical (unpaired) electrons. The Hall–Kier alpha value is -1.46. The van der Waals surface area contributed by atoms with Gasteiger partial charge in [0, 0.05) is 0 Å². The molecule has 0 bridgehead atoms. The van der Waals surface area contributed by atoms with E-state index in [1.54, 1.807) is 17.7 Å². The van der Waals surface area contributed by atoms with Gasteiger partial charge >= 0.3 is 0 Å². The summed E-state index contributed by atoms with van der Waals surface area (Å²) in [4.78, 5) is 14.8. The van der Waals surface area contributed by atoms with E-state index in [4.69, 9.17) is 4.74 Å². The third kappa shape index (κ3) is 1.48. The van der Waals surface area contributed by atoms with Crippen LogP contribution in [-0.2, 0) is 17.9 Å². The summed E-state index contributed by atoms with van der Waals surface area (Å²) in [5.41, 5.74) is 2.56. The molecule has 0 amide bonds. The highest BCUT2D eigenvalue weighted by molar-refractivity contribution is 7.07. The number of hydrogen-bond donors (Lipinski definition) is 0. The fourth-order valence-corrected chi connectivity index (χ4v) is 2.61. The second kappa shape index (κ2) is 3.84. The first-order chi connectivity index (χ1) is 7.88. The maximum absolute atomic E-state index is 10.7. The molecular weight excluding hydrogens is 224 g/mol. The Labute approximate surface area is 96.5 Å². The van der Waals surface area contributed by atoms with E-state index < -0.39 is 0 Å². The number of rotatable bonds is 2. The maximum Gasteiger partial charge on any atom is 0.170 e. The predicted molar refractivity (Wildman–Crippen MR) is 59.5 cm³/mol. The molecule has 82 valence electrons. The monoisotopic (exact) mass is 234 g/mol. The molecule has 0 saturated carbocycles. The smallest absolute Gasteiger partial charge is 0.170 e. The van der Waals surface area contributed by atoms with Gasteiger partial charge in [-0.25, -0.2) is 4.98 Å². The fourth-order valence-electron chi connectivity index (χ4n) is 1.91. The number of thiophene rings is 1. The third-order valence-corrected chi connectivity index (χ3v) is 3.49. The molecule has 0 fully saturated rings. The number of aldehydes is 1. The fraction of sp³-hybridized carbons (Fsp3) is 0.273. The molecule has 4 nitrogen and oxygen atoms in total. The maximum atomic E-state index is 10.7. The van der Waals surface area contributed by atoms with Gasteiger partial charge in [-0.05, 0) is 22.4 Å². The van der Waals surface area contributed by atoms with Crippen LogP contribution in [0, 0.1) is 0 Å². The second-order valence-electron chi connectivity index (χ2n) is 3.70. The zero-order chi connectivity index (χ0) is 11.0. The lowest BCUT2D eigenvalue weighted by Gasteiger charge is -2.24. The average Bonchev–Trinajstić information content (AvgIpc) is 2.97. The first kappa shape index (κ1) is 9.74. The zero-order valence-electron chi connectivity index (χ0n) is 8.50. The van der Waals surface area contributed by atoms with Gasteiger partial charge in [0.2, 0.25) is 0 Å². The Bertz CT molecular complexity index is 504. The molecule has 0 aliphatic carbocycles. The zero-order valence-corrected chi connectivity index (χ0v) is 9.31. The standard InChI is InChI=1S/C11H10N2O2S/c14-4-9-10-5-15-11(3-13(10)7-12-9)8-1-2-16-6-8/h1-2,4,6-7,11H,3,5H2/t11-/m1/s1. The Balaban J connectivity index is 1.90. The highest BCUT2D eigenvalue weighted by atomic mass is 32.1. The van der Waals surface area contributed by atoms with Crippen molar-refractivity contribution in [2.24, 2.45) is 0 Å². The highest BCUT2D eigenvalue weighted by Gasteiger charge is 2.23. The third-order valence-electron chi connectivity index (χ3n) is 2.79. The van der Waals surface area contributed by atoms with Gasteiger partial charge < -0.3 is 9.30 Å². The van der Waals surface area contributed by atoms with Gasteiger partial charge in [-0.1, -0.05) is 0 Å². The Kier molecular flexibility index (Phi) is 2.34. The molecule has 5 heteroatoms. The molecule has 16 heavy (non-hydrogen) atoms. The number of carbonyl (C=O) groups is 1. The van der Waals surface area contributed by atoms with Crippen LogP contribution in [0.25, 0.3) is 0 Å². The number of ether oxygens (including phenoxy) is 1. The summed E-state index contributed by atoms with van der Waals surface area (Å²) in [6, 6.07) is 2.07. The van der Waals surface area contributed by atoms with Crippen molar-refractivity contribution >= 4 is 17.6 Å². The number of imidazole rings is 1. The Morgan fingerprint density at radius 1 is 1.62 bits per heavy atom. The van der Waals surface area contributed by atoms with Crippen LogP contribution in [0.2, 0.25) is 0 Å². The van der Waals surface area contributed by atoms with Gasteiger partial charge in [0.05, 0.1) is 25.2 Å². The number of carbonyl (C=O) groups excluding carboxylic acids is 1. The Morgan fingerprint density at radius 3 is 3.31 bits per heavy atom. The number of fused-ring (bicyclic) bond motifs is 1. The van der Waals surface area contributed by atoms with E-state index in [0.29, 0.717) is 12.3 Å². The van der Waals surface area contributed by atoms with Crippen molar-refractivity contribution < 1.29 is 9.53 Å². The quantitative estimate of drug-likeness (QED) is 0.747. The molecule has 1 aliphatic heterocycles. The van der Waals surface area contributed by atoms with Crippen molar-refractivity contribution in [2.75, 3.05) is 0 Å². The molecule has 0 saturated heterocycles. The van der Waals surface area contributed by atoms with Crippen molar-refractivity contribution in [3.8, 4) is 0 Å². The van der Waals surface area contributed by atoms with Gasteiger partial charge in [-0.15, -0.1) is 0 Å². The SMILES string of the molecule is O=Cc1ncn2c1CO[C@@H](c1ccsc1)C2. The average molecular weight is 234 g/mol. The van der Waals surface area contributed by atoms with E-state index >= 15 is 0 Å². The van der Waals surface area contributed by atoms with Crippen LogP contribution >= 0.6 is 11.3 Å². The minimum absolute atomic E-state index is 0.0763. The van der Waals surface area contributed by atoms with Crippen molar-refractivity contribution in [2.45, 2.75) is 19.3 Å². The summed E-state index contributed by atoms with van der Waals surface area (Å²) >= 11 is 1.66. The van der Waals surface area contributed by atoms with E-state index in [1.165, 1.54) is 5.56 Å². The van der Waals surface area contributed by atoms with Crippen molar-refractivity contribution in [1.29, 1.82) is 0 Å². The van der Waals surface area contributed by atoms with E-state index in [1.807, 2.05) is 9.95 Å². The molecule has 2 aromatic heterocycles. The van der Waals surface area contributed by atoms with Gasteiger partial charge in [0.15, 0.2) is 6.29 Å². The molecule has 0 spiro atoms. The van der Waals surface area contributed by atoms with Crippen LogP contribution in [-0.4, -0.2) is 15.8 Å². The summed E-state index contributed by atoms with van der Waals surface area (Å²) < 4.78 is 7.73. The number of aromatic nitrogens is 2. The van der Waals surface area contributed by atoms with Crippen LogP contribution in [0.1, 0.15) is 27.8 Å². The van der Waals surface area contributed by atoms with Crippen molar-refractivity contribution in [3.05, 3.63) is 40.1 Å². The summed E-state index contributed by atoms with van der Waals surface area (Å²) in [6.07, 6.45) is 2.56. The Morgan fingerprint density at radius 2 is 2.56 bits per heavy atom. The van der Waals surface area contributed by atoms with Gasteiger partial charge in [0.25, 0.3) is 0 Å². The number of nitrogens with zero attached hydrogens (tertiary/aromatic N) is 2. The van der Waals surface area contributed by atoms with Crippen LogP contribution in [0.3, 0.4) is 0 Å². The summed E-state index contributed by atoms with van der Waals surface area (Å²) in [7, 11) is 0. The van der Waals surface area contributed by atoms with Crippen LogP contribution in [0.15, 0.2) is 23.2 Å². The molecule has 1 atom stereocenters. The largest absolute Gasteiger partial charge is 0.365 e. The first-order valence-corrected chi connectivity index (χ1v) is 5.95. The minimum atomic E-state index is 0.0763. The second-order valence-corrected chi connectivity index (χ2v) is 4.48. The van der Waals surface area contributed by atoms with Crippen LogP contribution in [0.5, 0.6) is 0 Å². The van der Waals surface area contributed by atoms with E-state index in [-0.39, 0.29) is 6.10 Å². The summed E-state index contributed by atoms with van der Waals surface area (Å²) in [5, 5.41) is 4.13. The first-order valence-electron chi connectivity index (χ1n) is 5.01. The molecule has 3 rings (SSSR count). The van der Waals surface area contributed by atoms with Crippen molar-refractivity contribution in [3.63, 3.8) is 0 Å².